The Bertz CT molecular complexity index is 474. The van der Waals surface area contributed by atoms with E-state index in [1.807, 2.05) is 0 Å². The molecule has 17 heavy (non-hydrogen) atoms. The number of benzene rings is 1. The fourth-order valence-electron chi connectivity index (χ4n) is 1.20. The number of nitro benzene ring substituents is 1. The summed E-state index contributed by atoms with van der Waals surface area (Å²) in [4.78, 5) is 21.7. The van der Waals surface area contributed by atoms with Gasteiger partial charge in [-0.3, -0.25) is 14.9 Å². The van der Waals surface area contributed by atoms with Crippen LogP contribution in [-0.4, -0.2) is 16.9 Å². The van der Waals surface area contributed by atoms with Crippen LogP contribution in [0.25, 0.3) is 0 Å². The molecule has 0 aliphatic carbocycles. The third kappa shape index (κ3) is 3.24. The standard InChI is InChI=1S/C10H12BrN3O3/c1-5-3-7(11)8(4-9(5)14(16)17)13-10(15)6(2)12/h3-4,6H,12H2,1-2H3,(H,13,15)/t6-/m0/s1. The van der Waals surface area contributed by atoms with E-state index in [4.69, 9.17) is 5.73 Å². The van der Waals surface area contributed by atoms with Crippen molar-refractivity contribution in [2.75, 3.05) is 5.32 Å². The number of rotatable bonds is 3. The Morgan fingerprint density at radius 2 is 2.18 bits per heavy atom. The second kappa shape index (κ2) is 5.24. The molecular formula is C10H12BrN3O3. The van der Waals surface area contributed by atoms with Gasteiger partial charge >= 0.3 is 0 Å². The van der Waals surface area contributed by atoms with E-state index in [2.05, 4.69) is 21.2 Å². The highest BCUT2D eigenvalue weighted by atomic mass is 79.9. The minimum absolute atomic E-state index is 0.0480. The second-order valence-electron chi connectivity index (χ2n) is 3.65. The van der Waals surface area contributed by atoms with Gasteiger partial charge in [0.2, 0.25) is 5.91 Å². The Labute approximate surface area is 106 Å². The Hall–Kier alpha value is -1.47. The van der Waals surface area contributed by atoms with E-state index in [0.29, 0.717) is 15.7 Å². The molecule has 0 fully saturated rings. The molecule has 1 aromatic carbocycles. The van der Waals surface area contributed by atoms with Crippen molar-refractivity contribution < 1.29 is 9.72 Å². The van der Waals surface area contributed by atoms with Crippen LogP contribution in [0.3, 0.4) is 0 Å². The second-order valence-corrected chi connectivity index (χ2v) is 4.51. The van der Waals surface area contributed by atoms with Crippen molar-refractivity contribution in [2.45, 2.75) is 19.9 Å². The van der Waals surface area contributed by atoms with Gasteiger partial charge in [0.1, 0.15) is 0 Å². The zero-order chi connectivity index (χ0) is 13.2. The monoisotopic (exact) mass is 301 g/mol. The molecule has 0 spiro atoms. The Morgan fingerprint density at radius 1 is 1.59 bits per heavy atom. The predicted molar refractivity (Wildman–Crippen MR) is 67.8 cm³/mol. The average molecular weight is 302 g/mol. The lowest BCUT2D eigenvalue weighted by molar-refractivity contribution is -0.385. The summed E-state index contributed by atoms with van der Waals surface area (Å²) in [5.41, 5.74) is 6.20. The molecular weight excluding hydrogens is 290 g/mol. The molecule has 0 saturated heterocycles. The van der Waals surface area contributed by atoms with E-state index in [1.54, 1.807) is 13.0 Å². The Kier molecular flexibility index (Phi) is 4.19. The predicted octanol–water partition coefficient (Wildman–Crippen LogP) is 1.95. The molecule has 0 radical (unpaired) electrons. The van der Waals surface area contributed by atoms with Crippen molar-refractivity contribution in [1.82, 2.24) is 0 Å². The molecule has 6 nitrogen and oxygen atoms in total. The van der Waals surface area contributed by atoms with Gasteiger partial charge in [0.15, 0.2) is 0 Å². The van der Waals surface area contributed by atoms with Gasteiger partial charge in [-0.2, -0.15) is 0 Å². The molecule has 1 rings (SSSR count). The molecule has 0 saturated carbocycles. The van der Waals surface area contributed by atoms with Crippen LogP contribution >= 0.6 is 15.9 Å². The van der Waals surface area contributed by atoms with Crippen molar-refractivity contribution >= 4 is 33.2 Å². The van der Waals surface area contributed by atoms with Crippen LogP contribution in [0.1, 0.15) is 12.5 Å². The average Bonchev–Trinajstić information content (AvgIpc) is 2.21. The molecule has 0 bridgehead atoms. The normalized spacial score (nSPS) is 12.0. The number of anilines is 1. The van der Waals surface area contributed by atoms with Gasteiger partial charge in [0.25, 0.3) is 5.69 Å². The zero-order valence-corrected chi connectivity index (χ0v) is 10.9. The molecule has 0 aliphatic rings. The zero-order valence-electron chi connectivity index (χ0n) is 9.36. The van der Waals surface area contributed by atoms with E-state index in [1.165, 1.54) is 13.0 Å². The van der Waals surface area contributed by atoms with E-state index in [9.17, 15) is 14.9 Å². The first-order valence-corrected chi connectivity index (χ1v) is 5.63. The first kappa shape index (κ1) is 13.6. The highest BCUT2D eigenvalue weighted by Gasteiger charge is 2.16. The molecule has 7 heteroatoms. The lowest BCUT2D eigenvalue weighted by atomic mass is 10.2. The fraction of sp³-hybridized carbons (Fsp3) is 0.300. The molecule has 1 aromatic rings. The SMILES string of the molecule is Cc1cc(Br)c(NC(=O)[C@H](C)N)cc1[N+](=O)[O-]. The van der Waals surface area contributed by atoms with Crippen LogP contribution in [0, 0.1) is 17.0 Å². The summed E-state index contributed by atoms with van der Waals surface area (Å²) in [6.07, 6.45) is 0. The van der Waals surface area contributed by atoms with Gasteiger partial charge in [-0.15, -0.1) is 0 Å². The van der Waals surface area contributed by atoms with E-state index < -0.39 is 16.9 Å². The van der Waals surface area contributed by atoms with E-state index in [0.717, 1.165) is 0 Å². The summed E-state index contributed by atoms with van der Waals surface area (Å²) < 4.78 is 0.578. The first-order valence-electron chi connectivity index (χ1n) is 4.84. The minimum atomic E-state index is -0.678. The number of aryl methyl sites for hydroxylation is 1. The van der Waals surface area contributed by atoms with Crippen molar-refractivity contribution in [3.8, 4) is 0 Å². The molecule has 0 unspecified atom stereocenters. The maximum Gasteiger partial charge on any atom is 0.274 e. The highest BCUT2D eigenvalue weighted by molar-refractivity contribution is 9.10. The fourth-order valence-corrected chi connectivity index (χ4v) is 1.76. The number of halogens is 1. The maximum absolute atomic E-state index is 11.4. The van der Waals surface area contributed by atoms with Gasteiger partial charge in [-0.1, -0.05) is 0 Å². The third-order valence-corrected chi connectivity index (χ3v) is 2.81. The summed E-state index contributed by atoms with van der Waals surface area (Å²) in [5, 5.41) is 13.3. The summed E-state index contributed by atoms with van der Waals surface area (Å²) in [5.74, 6) is -0.399. The number of amides is 1. The molecule has 1 amide bonds. The van der Waals surface area contributed by atoms with Crippen molar-refractivity contribution in [3.05, 3.63) is 32.3 Å². The number of carbonyl (C=O) groups is 1. The number of hydrogen-bond acceptors (Lipinski definition) is 4. The number of carbonyl (C=O) groups excluding carboxylic acids is 1. The largest absolute Gasteiger partial charge is 0.324 e. The number of nitrogens with one attached hydrogen (secondary N) is 1. The van der Waals surface area contributed by atoms with Gasteiger partial charge in [-0.25, -0.2) is 0 Å². The van der Waals surface area contributed by atoms with Crippen LogP contribution in [0.5, 0.6) is 0 Å². The van der Waals surface area contributed by atoms with Crippen LogP contribution in [0.2, 0.25) is 0 Å². The van der Waals surface area contributed by atoms with Crippen molar-refractivity contribution in [3.63, 3.8) is 0 Å². The smallest absolute Gasteiger partial charge is 0.274 e. The summed E-state index contributed by atoms with van der Waals surface area (Å²) in [6, 6.07) is 2.21. The van der Waals surface area contributed by atoms with Crippen LogP contribution in [0.15, 0.2) is 16.6 Å². The summed E-state index contributed by atoms with van der Waals surface area (Å²) in [6.45, 7) is 3.16. The van der Waals surface area contributed by atoms with Gasteiger partial charge < -0.3 is 11.1 Å². The minimum Gasteiger partial charge on any atom is -0.324 e. The number of nitrogens with two attached hydrogens (primary N) is 1. The third-order valence-electron chi connectivity index (χ3n) is 2.15. The van der Waals surface area contributed by atoms with Gasteiger partial charge in [0.05, 0.1) is 16.7 Å². The van der Waals surface area contributed by atoms with Crippen molar-refractivity contribution in [1.29, 1.82) is 0 Å². The van der Waals surface area contributed by atoms with Crippen LogP contribution in [0.4, 0.5) is 11.4 Å². The molecule has 92 valence electrons. The molecule has 0 aromatic heterocycles. The summed E-state index contributed by atoms with van der Waals surface area (Å²) >= 11 is 3.23. The quantitative estimate of drug-likeness (QED) is 0.658. The summed E-state index contributed by atoms with van der Waals surface area (Å²) in [7, 11) is 0. The van der Waals surface area contributed by atoms with E-state index in [-0.39, 0.29) is 5.69 Å². The Morgan fingerprint density at radius 3 is 2.65 bits per heavy atom. The number of nitrogens with zero attached hydrogens (tertiary/aromatic N) is 1. The number of hydrogen-bond donors (Lipinski definition) is 2. The van der Waals surface area contributed by atoms with Gasteiger partial charge in [0, 0.05) is 16.1 Å². The highest BCUT2D eigenvalue weighted by Crippen LogP contribution is 2.30. The topological polar surface area (TPSA) is 98.3 Å². The number of nitro groups is 1. The lowest BCUT2D eigenvalue weighted by Gasteiger charge is -2.10. The van der Waals surface area contributed by atoms with Crippen molar-refractivity contribution in [2.24, 2.45) is 5.73 Å². The van der Waals surface area contributed by atoms with Crippen LogP contribution < -0.4 is 11.1 Å². The Balaban J connectivity index is 3.12. The van der Waals surface area contributed by atoms with E-state index >= 15 is 0 Å². The maximum atomic E-state index is 11.4. The first-order chi connectivity index (χ1) is 7.82. The lowest BCUT2D eigenvalue weighted by Crippen LogP contribution is -2.32. The molecule has 1 atom stereocenters. The van der Waals surface area contributed by atoms with Gasteiger partial charge in [-0.05, 0) is 35.8 Å². The molecule has 3 N–H and O–H groups in total. The molecule has 0 heterocycles. The van der Waals surface area contributed by atoms with Crippen LogP contribution in [-0.2, 0) is 4.79 Å². The molecule has 0 aliphatic heterocycles.